The third kappa shape index (κ3) is 2.85. The zero-order valence-electron chi connectivity index (χ0n) is 10.1. The van der Waals surface area contributed by atoms with Crippen molar-refractivity contribution in [1.82, 2.24) is 15.0 Å². The molecule has 6 heteroatoms. The zero-order valence-corrected chi connectivity index (χ0v) is 10.1. The Morgan fingerprint density at radius 3 is 2.89 bits per heavy atom. The summed E-state index contributed by atoms with van der Waals surface area (Å²) in [5.41, 5.74) is 7.22. The monoisotopic (exact) mass is 245 g/mol. The molecule has 0 spiro atoms. The maximum absolute atomic E-state index is 5.90. The van der Waals surface area contributed by atoms with E-state index >= 15 is 0 Å². The van der Waals surface area contributed by atoms with E-state index in [-0.39, 0.29) is 0 Å². The van der Waals surface area contributed by atoms with Gasteiger partial charge in [0.15, 0.2) is 5.82 Å². The first-order valence-corrected chi connectivity index (χ1v) is 5.68. The maximum atomic E-state index is 5.90. The van der Waals surface area contributed by atoms with Gasteiger partial charge in [-0.2, -0.15) is 4.98 Å². The minimum absolute atomic E-state index is 0.399. The van der Waals surface area contributed by atoms with Gasteiger partial charge in [-0.05, 0) is 19.1 Å². The van der Waals surface area contributed by atoms with Crippen LogP contribution in [0.2, 0.25) is 0 Å². The van der Waals surface area contributed by atoms with Crippen molar-refractivity contribution >= 4 is 11.5 Å². The maximum Gasteiger partial charge on any atom is 0.242 e. The second-order valence-electron chi connectivity index (χ2n) is 3.55. The quantitative estimate of drug-likeness (QED) is 0.829. The van der Waals surface area contributed by atoms with Crippen molar-refractivity contribution in [2.24, 2.45) is 0 Å². The summed E-state index contributed by atoms with van der Waals surface area (Å²) in [7, 11) is 0. The molecule has 2 aromatic heterocycles. The van der Waals surface area contributed by atoms with E-state index in [0.717, 1.165) is 5.69 Å². The summed E-state index contributed by atoms with van der Waals surface area (Å²) in [5.74, 6) is 0.954. The highest BCUT2D eigenvalue weighted by molar-refractivity contribution is 5.66. The van der Waals surface area contributed by atoms with Crippen molar-refractivity contribution < 1.29 is 4.74 Å². The Kier molecular flexibility index (Phi) is 3.90. The van der Waals surface area contributed by atoms with Crippen LogP contribution >= 0.6 is 0 Å². The highest BCUT2D eigenvalue weighted by Gasteiger charge is 2.08. The van der Waals surface area contributed by atoms with Crippen molar-refractivity contribution in [2.75, 3.05) is 17.7 Å². The average molecular weight is 245 g/mol. The fraction of sp³-hybridized carbons (Fsp3) is 0.250. The molecule has 0 amide bonds. The number of nitrogens with zero attached hydrogens (tertiary/aromatic N) is 3. The molecule has 2 rings (SSSR count). The molecule has 0 aliphatic carbocycles. The molecule has 94 valence electrons. The number of ether oxygens (including phenoxy) is 1. The van der Waals surface area contributed by atoms with Crippen molar-refractivity contribution in [3.63, 3.8) is 0 Å². The van der Waals surface area contributed by atoms with Gasteiger partial charge in [0.25, 0.3) is 0 Å². The lowest BCUT2D eigenvalue weighted by atomic mass is 10.3. The first-order valence-electron chi connectivity index (χ1n) is 5.68. The molecule has 0 bridgehead atoms. The van der Waals surface area contributed by atoms with Gasteiger partial charge in [0.1, 0.15) is 12.0 Å². The fourth-order valence-corrected chi connectivity index (χ4v) is 1.45. The van der Waals surface area contributed by atoms with E-state index in [1.54, 1.807) is 6.20 Å². The molecule has 2 heterocycles. The van der Waals surface area contributed by atoms with Crippen LogP contribution in [0, 0.1) is 0 Å². The molecule has 0 aromatic carbocycles. The van der Waals surface area contributed by atoms with E-state index in [4.69, 9.17) is 10.5 Å². The van der Waals surface area contributed by atoms with E-state index in [1.165, 1.54) is 6.33 Å². The standard InChI is InChI=1S/C12H15N5O/c1-2-18-12-10(13)11(16-8-17-12)15-7-9-5-3-4-6-14-9/h3-6,8H,2,7,13H2,1H3,(H,15,16,17). The third-order valence-electron chi connectivity index (χ3n) is 2.29. The second kappa shape index (κ2) is 5.81. The van der Waals surface area contributed by atoms with Gasteiger partial charge in [0, 0.05) is 6.20 Å². The van der Waals surface area contributed by atoms with Crippen LogP contribution < -0.4 is 15.8 Å². The van der Waals surface area contributed by atoms with Gasteiger partial charge in [0.2, 0.25) is 5.88 Å². The predicted octanol–water partition coefficient (Wildman–Crippen LogP) is 1.46. The molecule has 18 heavy (non-hydrogen) atoms. The molecule has 2 aromatic rings. The SMILES string of the molecule is CCOc1ncnc(NCc2ccccn2)c1N. The van der Waals surface area contributed by atoms with E-state index < -0.39 is 0 Å². The second-order valence-corrected chi connectivity index (χ2v) is 3.55. The van der Waals surface area contributed by atoms with E-state index in [9.17, 15) is 0 Å². The number of hydrogen-bond acceptors (Lipinski definition) is 6. The zero-order chi connectivity index (χ0) is 12.8. The number of nitrogens with one attached hydrogen (secondary N) is 1. The highest BCUT2D eigenvalue weighted by atomic mass is 16.5. The van der Waals surface area contributed by atoms with Gasteiger partial charge in [-0.3, -0.25) is 4.98 Å². The summed E-state index contributed by atoms with van der Waals surface area (Å²) in [4.78, 5) is 12.3. The lowest BCUT2D eigenvalue weighted by Crippen LogP contribution is -2.08. The first-order chi connectivity index (χ1) is 8.81. The highest BCUT2D eigenvalue weighted by Crippen LogP contribution is 2.24. The van der Waals surface area contributed by atoms with Crippen molar-refractivity contribution in [2.45, 2.75) is 13.5 Å². The largest absolute Gasteiger partial charge is 0.476 e. The Morgan fingerprint density at radius 1 is 1.28 bits per heavy atom. The summed E-state index contributed by atoms with van der Waals surface area (Å²) in [6, 6.07) is 5.72. The van der Waals surface area contributed by atoms with Crippen LogP contribution in [0.1, 0.15) is 12.6 Å². The predicted molar refractivity (Wildman–Crippen MR) is 69.2 cm³/mol. The van der Waals surface area contributed by atoms with Crippen LogP contribution in [-0.4, -0.2) is 21.6 Å². The van der Waals surface area contributed by atoms with Crippen molar-refractivity contribution in [1.29, 1.82) is 0 Å². The molecule has 6 nitrogen and oxygen atoms in total. The van der Waals surface area contributed by atoms with E-state index in [0.29, 0.717) is 30.5 Å². The molecule has 0 saturated carbocycles. The number of anilines is 2. The molecule has 0 unspecified atom stereocenters. The minimum Gasteiger partial charge on any atom is -0.476 e. The van der Waals surface area contributed by atoms with Crippen LogP contribution in [0.25, 0.3) is 0 Å². The summed E-state index contributed by atoms with van der Waals surface area (Å²) >= 11 is 0. The minimum atomic E-state index is 0.399. The summed E-state index contributed by atoms with van der Waals surface area (Å²) in [6.07, 6.45) is 3.16. The Balaban J connectivity index is 2.08. The molecule has 0 radical (unpaired) electrons. The molecule has 0 saturated heterocycles. The fourth-order valence-electron chi connectivity index (χ4n) is 1.45. The van der Waals surface area contributed by atoms with E-state index in [2.05, 4.69) is 20.3 Å². The van der Waals surface area contributed by atoms with Crippen molar-refractivity contribution in [3.8, 4) is 5.88 Å². The van der Waals surface area contributed by atoms with Gasteiger partial charge in [0.05, 0.1) is 18.8 Å². The Hall–Kier alpha value is -2.37. The van der Waals surface area contributed by atoms with Gasteiger partial charge in [-0.15, -0.1) is 0 Å². The van der Waals surface area contributed by atoms with Gasteiger partial charge >= 0.3 is 0 Å². The normalized spacial score (nSPS) is 10.1. The Morgan fingerprint density at radius 2 is 2.17 bits per heavy atom. The smallest absolute Gasteiger partial charge is 0.242 e. The molecule has 0 aliphatic heterocycles. The number of nitrogen functional groups attached to an aromatic ring is 1. The lowest BCUT2D eigenvalue weighted by Gasteiger charge is -2.10. The Bertz CT molecular complexity index is 503. The molecule has 0 aliphatic rings. The van der Waals surface area contributed by atoms with Gasteiger partial charge in [-0.25, -0.2) is 4.98 Å². The van der Waals surface area contributed by atoms with Crippen LogP contribution in [-0.2, 0) is 6.54 Å². The van der Waals surface area contributed by atoms with Gasteiger partial charge in [-0.1, -0.05) is 6.07 Å². The number of aromatic nitrogens is 3. The van der Waals surface area contributed by atoms with Gasteiger partial charge < -0.3 is 15.8 Å². The van der Waals surface area contributed by atoms with E-state index in [1.807, 2.05) is 25.1 Å². The molecule has 3 N–H and O–H groups in total. The number of hydrogen-bond donors (Lipinski definition) is 2. The Labute approximate surface area is 105 Å². The molecular formula is C12H15N5O. The summed E-state index contributed by atoms with van der Waals surface area (Å²) in [5, 5.41) is 3.11. The number of nitrogens with two attached hydrogens (primary N) is 1. The lowest BCUT2D eigenvalue weighted by molar-refractivity contribution is 0.328. The average Bonchev–Trinajstić information content (AvgIpc) is 2.41. The topological polar surface area (TPSA) is 86.0 Å². The number of pyridine rings is 1. The third-order valence-corrected chi connectivity index (χ3v) is 2.29. The molecule has 0 fully saturated rings. The van der Waals surface area contributed by atoms with Crippen LogP contribution in [0.5, 0.6) is 5.88 Å². The molecule has 0 atom stereocenters. The summed E-state index contributed by atoms with van der Waals surface area (Å²) < 4.78 is 5.30. The van der Waals surface area contributed by atoms with Crippen LogP contribution in [0.4, 0.5) is 11.5 Å². The molecular weight excluding hydrogens is 230 g/mol. The summed E-state index contributed by atoms with van der Waals surface area (Å²) in [6.45, 7) is 2.94. The van der Waals surface area contributed by atoms with Crippen LogP contribution in [0.15, 0.2) is 30.7 Å². The first kappa shape index (κ1) is 12.1. The van der Waals surface area contributed by atoms with Crippen molar-refractivity contribution in [3.05, 3.63) is 36.4 Å². The van der Waals surface area contributed by atoms with Crippen LogP contribution in [0.3, 0.4) is 0 Å². The number of rotatable bonds is 5.